The average Bonchev–Trinajstić information content (AvgIpc) is 2.85. The monoisotopic (exact) mass is 584 g/mol. The van der Waals surface area contributed by atoms with Crippen LogP contribution in [0.4, 0.5) is 0 Å². The largest absolute Gasteiger partial charge is 0.482 e. The van der Waals surface area contributed by atoms with E-state index >= 15 is 0 Å². The number of nitrogens with one attached hydrogen (secondary N) is 1. The minimum atomic E-state index is -0.960. The fourth-order valence-electron chi connectivity index (χ4n) is 4.91. The summed E-state index contributed by atoms with van der Waals surface area (Å²) in [4.78, 5) is 28.2. The van der Waals surface area contributed by atoms with E-state index in [0.717, 1.165) is 48.5 Å². The van der Waals surface area contributed by atoms with Crippen LogP contribution in [0.5, 0.6) is 5.75 Å². The van der Waals surface area contributed by atoms with Gasteiger partial charge in [-0.15, -0.1) is 0 Å². The van der Waals surface area contributed by atoms with Crippen LogP contribution in [0, 0.1) is 3.57 Å². The van der Waals surface area contributed by atoms with E-state index in [1.54, 1.807) is 6.08 Å². The van der Waals surface area contributed by atoms with Gasteiger partial charge in [-0.3, -0.25) is 9.59 Å². The number of carbonyl (C=O) groups is 2. The van der Waals surface area contributed by atoms with Crippen molar-refractivity contribution >= 4 is 34.4 Å². The molecule has 8 heteroatoms. The summed E-state index contributed by atoms with van der Waals surface area (Å²) in [6.07, 6.45) is 7.48. The summed E-state index contributed by atoms with van der Waals surface area (Å²) in [5.74, 6) is 0.371. The lowest BCUT2D eigenvalue weighted by molar-refractivity contribution is -0.143. The maximum absolute atomic E-state index is 13.4. The molecule has 7 nitrogen and oxygen atoms in total. The van der Waals surface area contributed by atoms with Gasteiger partial charge in [0.25, 0.3) is 0 Å². The van der Waals surface area contributed by atoms with Crippen molar-refractivity contribution in [1.82, 2.24) is 10.2 Å². The van der Waals surface area contributed by atoms with Crippen LogP contribution < -0.4 is 10.1 Å². The molecule has 3 N–H and O–H groups in total. The molecule has 1 aromatic carbocycles. The molecule has 1 fully saturated rings. The van der Waals surface area contributed by atoms with Gasteiger partial charge in [-0.1, -0.05) is 44.7 Å². The number of hydrogen-bond acceptors (Lipinski definition) is 5. The number of carbonyl (C=O) groups excluding carboxylic acids is 2. The van der Waals surface area contributed by atoms with Crippen molar-refractivity contribution in [3.63, 3.8) is 0 Å². The van der Waals surface area contributed by atoms with E-state index in [2.05, 4.69) is 34.8 Å². The molecule has 0 saturated heterocycles. The van der Waals surface area contributed by atoms with E-state index in [4.69, 9.17) is 9.84 Å². The summed E-state index contributed by atoms with van der Waals surface area (Å²) < 4.78 is 7.11. The van der Waals surface area contributed by atoms with Crippen LogP contribution in [0.1, 0.15) is 64.7 Å². The second kappa shape index (κ2) is 13.4. The molecule has 1 aromatic rings. The Bertz CT molecular complexity index is 855. The third kappa shape index (κ3) is 6.95. The summed E-state index contributed by atoms with van der Waals surface area (Å²) in [7, 11) is 0. The van der Waals surface area contributed by atoms with E-state index in [0.29, 0.717) is 17.7 Å². The molecule has 0 heterocycles. The minimum absolute atomic E-state index is 0.0443. The molecule has 0 aliphatic heterocycles. The van der Waals surface area contributed by atoms with Crippen LogP contribution in [0.3, 0.4) is 0 Å². The Morgan fingerprint density at radius 2 is 1.94 bits per heavy atom. The molecule has 3 atom stereocenters. The van der Waals surface area contributed by atoms with Gasteiger partial charge in [0, 0.05) is 31.0 Å². The number of aliphatic hydroxyl groups excluding tert-OH is 2. The van der Waals surface area contributed by atoms with Gasteiger partial charge in [0.15, 0.2) is 0 Å². The number of nitrogens with zero attached hydrogens (tertiary/aromatic N) is 1. The highest BCUT2D eigenvalue weighted by Gasteiger charge is 2.42. The maximum atomic E-state index is 13.4. The Balaban J connectivity index is 1.94. The Morgan fingerprint density at radius 3 is 2.62 bits per heavy atom. The average molecular weight is 584 g/mol. The summed E-state index contributed by atoms with van der Waals surface area (Å²) in [5, 5.41) is 23.4. The van der Waals surface area contributed by atoms with E-state index in [9.17, 15) is 14.7 Å². The number of halogens is 1. The number of aliphatic hydroxyl groups is 2. The van der Waals surface area contributed by atoms with Crippen molar-refractivity contribution in [2.24, 2.45) is 0 Å². The van der Waals surface area contributed by atoms with Gasteiger partial charge in [0.2, 0.25) is 11.8 Å². The Hall–Kier alpha value is -1.65. The quantitative estimate of drug-likeness (QED) is 0.366. The Morgan fingerprint density at radius 1 is 1.21 bits per heavy atom. The first-order valence-corrected chi connectivity index (χ1v) is 13.5. The van der Waals surface area contributed by atoms with E-state index in [-0.39, 0.29) is 37.4 Å². The number of ether oxygens (including phenoxy) is 1. The van der Waals surface area contributed by atoms with Crippen LogP contribution >= 0.6 is 22.6 Å². The van der Waals surface area contributed by atoms with Crippen molar-refractivity contribution < 1.29 is 24.5 Å². The molecule has 0 unspecified atom stereocenters. The fraction of sp³-hybridized carbons (Fsp3) is 0.615. The zero-order chi connectivity index (χ0) is 24.5. The number of rotatable bonds is 10. The van der Waals surface area contributed by atoms with Crippen molar-refractivity contribution in [3.8, 4) is 5.75 Å². The fourth-order valence-corrected chi connectivity index (χ4v) is 5.43. The third-order valence-electron chi connectivity index (χ3n) is 6.67. The van der Waals surface area contributed by atoms with E-state index < -0.39 is 18.2 Å². The lowest BCUT2D eigenvalue weighted by Crippen LogP contribution is -2.58. The molecular formula is C26H37IN2O5. The highest BCUT2D eigenvalue weighted by Crippen LogP contribution is 2.34. The number of para-hydroxylation sites is 1. The molecule has 0 spiro atoms. The number of unbranched alkanes of at least 4 members (excludes halogenated alkanes) is 1. The van der Waals surface area contributed by atoms with Crippen LogP contribution in [-0.4, -0.2) is 64.4 Å². The van der Waals surface area contributed by atoms with Crippen molar-refractivity contribution in [1.29, 1.82) is 0 Å². The molecule has 34 heavy (non-hydrogen) atoms. The predicted octanol–water partition coefficient (Wildman–Crippen LogP) is 3.56. The highest BCUT2D eigenvalue weighted by atomic mass is 127. The summed E-state index contributed by atoms with van der Waals surface area (Å²) >= 11 is 2.18. The van der Waals surface area contributed by atoms with Gasteiger partial charge in [-0.25, -0.2) is 0 Å². The molecule has 3 rings (SSSR count). The summed E-state index contributed by atoms with van der Waals surface area (Å²) in [6.45, 7) is 2.05. The summed E-state index contributed by atoms with van der Waals surface area (Å²) in [6, 6.07) is 7.06. The molecule has 0 radical (unpaired) electrons. The van der Waals surface area contributed by atoms with Gasteiger partial charge in [-0.2, -0.15) is 0 Å². The van der Waals surface area contributed by atoms with Crippen LogP contribution in [0.15, 0.2) is 35.9 Å². The molecule has 2 aliphatic rings. The number of hydrogen-bond donors (Lipinski definition) is 3. The molecular weight excluding hydrogens is 547 g/mol. The van der Waals surface area contributed by atoms with Crippen molar-refractivity contribution in [2.75, 3.05) is 13.2 Å². The van der Waals surface area contributed by atoms with E-state index in [1.807, 2.05) is 29.2 Å². The van der Waals surface area contributed by atoms with Gasteiger partial charge in [-0.05, 0) is 60.1 Å². The van der Waals surface area contributed by atoms with E-state index in [1.165, 1.54) is 0 Å². The van der Waals surface area contributed by atoms with Gasteiger partial charge in [0.05, 0.1) is 16.2 Å². The van der Waals surface area contributed by atoms with Crippen molar-refractivity contribution in [3.05, 3.63) is 39.5 Å². The third-order valence-corrected chi connectivity index (χ3v) is 7.56. The zero-order valence-corrected chi connectivity index (χ0v) is 22.1. The second-order valence-electron chi connectivity index (χ2n) is 9.14. The first kappa shape index (κ1) is 26.9. The lowest BCUT2D eigenvalue weighted by atomic mass is 9.85. The molecule has 1 saturated carbocycles. The number of benzene rings is 1. The first-order chi connectivity index (χ1) is 16.5. The summed E-state index contributed by atoms with van der Waals surface area (Å²) in [5.41, 5.74) is 0.476. The van der Waals surface area contributed by atoms with Crippen molar-refractivity contribution in [2.45, 2.75) is 89.0 Å². The molecule has 0 aromatic heterocycles. The standard InChI is InChI=1S/C26H37IN2O5/c1-2-3-13-24(31)29(19-9-5-4-6-10-19)21-16-18(26(33)28-14-15-30)17-23(25(21)32)34-22-12-8-7-11-20(22)27/h7-8,11-12,17,19,21,23,25,30,32H,2-6,9-10,13-16H2,1H3,(H,28,33)/t21-,23+,25+/m1/s1. The minimum Gasteiger partial charge on any atom is -0.482 e. The van der Waals surface area contributed by atoms with Crippen LogP contribution in [-0.2, 0) is 9.59 Å². The molecule has 0 bridgehead atoms. The predicted molar refractivity (Wildman–Crippen MR) is 139 cm³/mol. The zero-order valence-electron chi connectivity index (χ0n) is 19.9. The lowest BCUT2D eigenvalue weighted by Gasteiger charge is -2.45. The van der Waals surface area contributed by atoms with Gasteiger partial charge in [0.1, 0.15) is 18.0 Å². The number of amides is 2. The van der Waals surface area contributed by atoms with Gasteiger partial charge < -0.3 is 25.2 Å². The van der Waals surface area contributed by atoms with Crippen LogP contribution in [0.2, 0.25) is 0 Å². The SMILES string of the molecule is CCCCC(=O)N(C1CCCCC1)[C@@H]1CC(C(=O)NCCO)=C[C@H](Oc2ccccc2I)[C@H]1O. The molecule has 2 aliphatic carbocycles. The topological polar surface area (TPSA) is 99.1 Å². The second-order valence-corrected chi connectivity index (χ2v) is 10.3. The molecule has 188 valence electrons. The Labute approximate surface area is 216 Å². The maximum Gasteiger partial charge on any atom is 0.247 e. The van der Waals surface area contributed by atoms with Gasteiger partial charge >= 0.3 is 0 Å². The normalized spacial score (nSPS) is 23.2. The Kier molecular flexibility index (Phi) is 10.7. The smallest absolute Gasteiger partial charge is 0.247 e. The first-order valence-electron chi connectivity index (χ1n) is 12.5. The highest BCUT2D eigenvalue weighted by molar-refractivity contribution is 14.1. The van der Waals surface area contributed by atoms with Crippen LogP contribution in [0.25, 0.3) is 0 Å². The molecule has 2 amide bonds.